The Morgan fingerprint density at radius 2 is 2.03 bits per heavy atom. The van der Waals surface area contributed by atoms with Crippen LogP contribution in [-0.2, 0) is 19.1 Å². The van der Waals surface area contributed by atoms with E-state index in [1.807, 2.05) is 13.0 Å². The summed E-state index contributed by atoms with van der Waals surface area (Å²) in [6.07, 6.45) is 3.79. The van der Waals surface area contributed by atoms with E-state index in [1.165, 1.54) is 0 Å². The van der Waals surface area contributed by atoms with Gasteiger partial charge in [-0.15, -0.1) is 0 Å². The fraction of sp³-hybridized carbons (Fsp3) is 0.500. The van der Waals surface area contributed by atoms with Crippen molar-refractivity contribution in [1.82, 2.24) is 5.32 Å². The van der Waals surface area contributed by atoms with E-state index in [2.05, 4.69) is 5.32 Å². The molecule has 166 valence electrons. The molecule has 31 heavy (non-hydrogen) atoms. The molecule has 1 N–H and O–H groups in total. The first-order valence-corrected chi connectivity index (χ1v) is 10.8. The van der Waals surface area contributed by atoms with Crippen LogP contribution in [-0.4, -0.2) is 45.3 Å². The van der Waals surface area contributed by atoms with E-state index >= 15 is 0 Å². The summed E-state index contributed by atoms with van der Waals surface area (Å²) in [6.45, 7) is 2.75. The third-order valence-corrected chi connectivity index (χ3v) is 6.17. The molecule has 0 radical (unpaired) electrons. The molecule has 2 atom stereocenters. The minimum absolute atomic E-state index is 0.0422. The predicted molar refractivity (Wildman–Crippen MR) is 114 cm³/mol. The van der Waals surface area contributed by atoms with Gasteiger partial charge in [0, 0.05) is 35.6 Å². The van der Waals surface area contributed by atoms with Gasteiger partial charge in [0.1, 0.15) is 18.1 Å². The number of ketones is 1. The van der Waals surface area contributed by atoms with Crippen LogP contribution in [0.5, 0.6) is 11.5 Å². The fourth-order valence-corrected chi connectivity index (χ4v) is 4.65. The van der Waals surface area contributed by atoms with Gasteiger partial charge in [0.05, 0.1) is 31.8 Å². The zero-order valence-electron chi connectivity index (χ0n) is 18.3. The fourth-order valence-electron chi connectivity index (χ4n) is 4.65. The molecule has 4 rings (SSSR count). The van der Waals surface area contributed by atoms with Gasteiger partial charge < -0.3 is 24.3 Å². The second-order valence-electron chi connectivity index (χ2n) is 8.11. The third kappa shape index (κ3) is 4.19. The molecule has 0 bridgehead atoms. The number of hydrogen-bond donors (Lipinski definition) is 1. The average Bonchev–Trinajstić information content (AvgIpc) is 3.30. The van der Waals surface area contributed by atoms with Gasteiger partial charge in [-0.1, -0.05) is 0 Å². The van der Waals surface area contributed by atoms with Gasteiger partial charge in [0.15, 0.2) is 5.78 Å². The lowest BCUT2D eigenvalue weighted by Crippen LogP contribution is -2.35. The van der Waals surface area contributed by atoms with Gasteiger partial charge >= 0.3 is 5.97 Å². The Balaban J connectivity index is 1.77. The molecule has 1 saturated heterocycles. The second-order valence-corrected chi connectivity index (χ2v) is 8.11. The third-order valence-electron chi connectivity index (χ3n) is 6.17. The van der Waals surface area contributed by atoms with Crippen molar-refractivity contribution in [3.8, 4) is 11.5 Å². The van der Waals surface area contributed by atoms with Crippen molar-refractivity contribution >= 4 is 11.8 Å². The summed E-state index contributed by atoms with van der Waals surface area (Å²) in [5.41, 5.74) is 3.33. The van der Waals surface area contributed by atoms with Crippen molar-refractivity contribution in [2.45, 2.75) is 51.0 Å². The van der Waals surface area contributed by atoms with Crippen molar-refractivity contribution in [3.05, 3.63) is 46.3 Å². The summed E-state index contributed by atoms with van der Waals surface area (Å²) in [7, 11) is 3.17. The lowest BCUT2D eigenvalue weighted by molar-refractivity contribution is -0.142. The molecule has 0 aromatic heterocycles. The number of ether oxygens (including phenoxy) is 4. The molecule has 1 fully saturated rings. The Morgan fingerprint density at radius 3 is 2.74 bits per heavy atom. The van der Waals surface area contributed by atoms with Crippen molar-refractivity contribution in [2.75, 3.05) is 27.4 Å². The van der Waals surface area contributed by atoms with Gasteiger partial charge in [0.2, 0.25) is 0 Å². The summed E-state index contributed by atoms with van der Waals surface area (Å²) in [5, 5.41) is 3.31. The van der Waals surface area contributed by atoms with Crippen LogP contribution >= 0.6 is 0 Å². The smallest absolute Gasteiger partial charge is 0.336 e. The highest BCUT2D eigenvalue weighted by molar-refractivity contribution is 6.04. The van der Waals surface area contributed by atoms with E-state index in [1.54, 1.807) is 26.4 Å². The van der Waals surface area contributed by atoms with Crippen LogP contribution in [0.3, 0.4) is 0 Å². The van der Waals surface area contributed by atoms with E-state index in [4.69, 9.17) is 18.9 Å². The van der Waals surface area contributed by atoms with E-state index in [0.717, 1.165) is 36.9 Å². The Bertz CT molecular complexity index is 941. The molecule has 0 unspecified atom stereocenters. The van der Waals surface area contributed by atoms with Crippen LogP contribution in [0.15, 0.2) is 40.7 Å². The number of hydrogen-bond acceptors (Lipinski definition) is 7. The summed E-state index contributed by atoms with van der Waals surface area (Å²) >= 11 is 0. The normalized spacial score (nSPS) is 23.4. The predicted octanol–water partition coefficient (Wildman–Crippen LogP) is 3.39. The van der Waals surface area contributed by atoms with Gasteiger partial charge in [-0.3, -0.25) is 4.79 Å². The summed E-state index contributed by atoms with van der Waals surface area (Å²) in [5.74, 6) is 0.242. The van der Waals surface area contributed by atoms with Gasteiger partial charge in [-0.25, -0.2) is 4.79 Å². The van der Waals surface area contributed by atoms with Crippen molar-refractivity contribution < 1.29 is 28.5 Å². The standard InChI is InChI=1S/C24H29NO6/c1-14-21(24(27)31-13-16-6-5-11-30-16)22(23-18(25-14)7-4-8-19(23)26)17-12-15(28-2)9-10-20(17)29-3/h9-10,12,16,22,25H,4-8,11,13H2,1-3H3/t16-,22-/m1/s1. The Morgan fingerprint density at radius 1 is 1.19 bits per heavy atom. The maximum Gasteiger partial charge on any atom is 0.336 e. The quantitative estimate of drug-likeness (QED) is 0.697. The van der Waals surface area contributed by atoms with E-state index in [-0.39, 0.29) is 18.5 Å². The summed E-state index contributed by atoms with van der Waals surface area (Å²) in [6, 6.07) is 5.43. The summed E-state index contributed by atoms with van der Waals surface area (Å²) in [4.78, 5) is 26.3. The number of rotatable bonds is 6. The number of Topliss-reactive ketones (excluding diaryl/α,β-unsaturated/α-hetero) is 1. The van der Waals surface area contributed by atoms with Crippen LogP contribution < -0.4 is 14.8 Å². The Labute approximate surface area is 182 Å². The van der Waals surface area contributed by atoms with E-state index < -0.39 is 11.9 Å². The molecular formula is C24H29NO6. The number of carbonyl (C=O) groups excluding carboxylic acids is 2. The minimum atomic E-state index is -0.578. The molecule has 3 aliphatic rings. The highest BCUT2D eigenvalue weighted by Gasteiger charge is 2.40. The molecule has 7 heteroatoms. The Hall–Kier alpha value is -2.80. The Kier molecular flexibility index (Phi) is 6.32. The van der Waals surface area contributed by atoms with Crippen LogP contribution in [0.25, 0.3) is 0 Å². The number of esters is 1. The van der Waals surface area contributed by atoms with Crippen molar-refractivity contribution in [2.24, 2.45) is 0 Å². The van der Waals surface area contributed by atoms with Crippen molar-refractivity contribution in [3.63, 3.8) is 0 Å². The molecule has 0 spiro atoms. The lowest BCUT2D eigenvalue weighted by Gasteiger charge is -2.34. The minimum Gasteiger partial charge on any atom is -0.497 e. The van der Waals surface area contributed by atoms with Crippen LogP contribution in [0.1, 0.15) is 50.5 Å². The zero-order valence-corrected chi connectivity index (χ0v) is 18.3. The van der Waals surface area contributed by atoms with Crippen LogP contribution in [0.4, 0.5) is 0 Å². The maximum atomic E-state index is 13.3. The monoisotopic (exact) mass is 427 g/mol. The van der Waals surface area contributed by atoms with Crippen LogP contribution in [0.2, 0.25) is 0 Å². The first-order valence-electron chi connectivity index (χ1n) is 10.8. The molecule has 0 saturated carbocycles. The van der Waals surface area contributed by atoms with Gasteiger partial charge in [-0.2, -0.15) is 0 Å². The number of dihydropyridines is 1. The second kappa shape index (κ2) is 9.14. The van der Waals surface area contributed by atoms with Crippen molar-refractivity contribution in [1.29, 1.82) is 0 Å². The number of allylic oxidation sites excluding steroid dienone is 3. The SMILES string of the molecule is COc1ccc(OC)c([C@@H]2C(C(=O)OC[C@H]3CCCO3)=C(C)NC3=C2C(=O)CCC3)c1. The number of nitrogens with one attached hydrogen (secondary N) is 1. The zero-order chi connectivity index (χ0) is 22.0. The topological polar surface area (TPSA) is 83.1 Å². The molecule has 0 amide bonds. The average molecular weight is 427 g/mol. The molecule has 7 nitrogen and oxygen atoms in total. The van der Waals surface area contributed by atoms with E-state index in [9.17, 15) is 9.59 Å². The van der Waals surface area contributed by atoms with Crippen LogP contribution in [0, 0.1) is 0 Å². The number of methoxy groups -OCH3 is 2. The summed E-state index contributed by atoms with van der Waals surface area (Å²) < 4.78 is 22.3. The van der Waals surface area contributed by atoms with Gasteiger partial charge in [-0.05, 0) is 50.8 Å². The molecule has 1 aromatic carbocycles. The lowest BCUT2D eigenvalue weighted by atomic mass is 9.75. The highest BCUT2D eigenvalue weighted by atomic mass is 16.6. The molecule has 2 aliphatic heterocycles. The largest absolute Gasteiger partial charge is 0.497 e. The molecule has 2 heterocycles. The number of benzene rings is 1. The number of carbonyl (C=O) groups is 2. The molecule has 1 aromatic rings. The highest BCUT2D eigenvalue weighted by Crippen LogP contribution is 2.46. The van der Waals surface area contributed by atoms with Gasteiger partial charge in [0.25, 0.3) is 0 Å². The molecule has 1 aliphatic carbocycles. The first kappa shape index (κ1) is 21.4. The van der Waals surface area contributed by atoms with E-state index in [0.29, 0.717) is 41.4 Å². The first-order chi connectivity index (χ1) is 15.0. The maximum absolute atomic E-state index is 13.3. The molecular weight excluding hydrogens is 398 g/mol.